The molecule has 21 heavy (non-hydrogen) atoms. The summed E-state index contributed by atoms with van der Waals surface area (Å²) in [6.45, 7) is 3.29. The molecule has 0 spiro atoms. The number of hydrogen-bond donors (Lipinski definition) is 2. The minimum atomic E-state index is 0.498. The Bertz CT molecular complexity index is 534. The lowest BCUT2D eigenvalue weighted by molar-refractivity contribution is 0.534. The molecule has 2 nitrogen and oxygen atoms in total. The summed E-state index contributed by atoms with van der Waals surface area (Å²) in [5, 5.41) is 3.59. The van der Waals surface area contributed by atoms with Gasteiger partial charge in [-0.25, -0.2) is 0 Å². The Kier molecular flexibility index (Phi) is 6.27. The Labute approximate surface area is 135 Å². The van der Waals surface area contributed by atoms with Gasteiger partial charge in [-0.1, -0.05) is 40.2 Å². The average Bonchev–Trinajstić information content (AvgIpc) is 2.48. The summed E-state index contributed by atoms with van der Waals surface area (Å²) in [4.78, 5) is 0. The first-order valence-electron chi connectivity index (χ1n) is 7.46. The Balaban J connectivity index is 1.66. The SMILES string of the molecule is CC(Cc1ccc(Br)cc1)NCCCc1ccc(N)cc1. The van der Waals surface area contributed by atoms with Crippen molar-refractivity contribution in [2.75, 3.05) is 12.3 Å². The van der Waals surface area contributed by atoms with Crippen LogP contribution >= 0.6 is 15.9 Å². The van der Waals surface area contributed by atoms with Gasteiger partial charge >= 0.3 is 0 Å². The molecule has 2 rings (SSSR count). The average molecular weight is 347 g/mol. The largest absolute Gasteiger partial charge is 0.399 e. The smallest absolute Gasteiger partial charge is 0.0314 e. The molecule has 0 saturated carbocycles. The van der Waals surface area contributed by atoms with Crippen molar-refractivity contribution in [1.29, 1.82) is 0 Å². The molecule has 0 heterocycles. The van der Waals surface area contributed by atoms with E-state index in [1.165, 1.54) is 11.1 Å². The number of benzene rings is 2. The quantitative estimate of drug-likeness (QED) is 0.582. The van der Waals surface area contributed by atoms with E-state index in [0.29, 0.717) is 6.04 Å². The van der Waals surface area contributed by atoms with Crippen LogP contribution in [0.15, 0.2) is 53.0 Å². The molecule has 0 saturated heterocycles. The van der Waals surface area contributed by atoms with Crippen LogP contribution in [0.1, 0.15) is 24.5 Å². The lowest BCUT2D eigenvalue weighted by Crippen LogP contribution is -2.29. The maximum atomic E-state index is 5.69. The molecule has 3 N–H and O–H groups in total. The first-order valence-corrected chi connectivity index (χ1v) is 8.25. The summed E-state index contributed by atoms with van der Waals surface area (Å²) in [6.07, 6.45) is 3.31. The zero-order chi connectivity index (χ0) is 15.1. The van der Waals surface area contributed by atoms with Gasteiger partial charge in [-0.3, -0.25) is 0 Å². The highest BCUT2D eigenvalue weighted by Gasteiger charge is 2.03. The Morgan fingerprint density at radius 1 is 1.00 bits per heavy atom. The third-order valence-electron chi connectivity index (χ3n) is 3.57. The van der Waals surface area contributed by atoms with Crippen molar-refractivity contribution in [3.63, 3.8) is 0 Å². The van der Waals surface area contributed by atoms with E-state index in [0.717, 1.165) is 36.0 Å². The van der Waals surface area contributed by atoms with Crippen molar-refractivity contribution in [1.82, 2.24) is 5.32 Å². The summed E-state index contributed by atoms with van der Waals surface area (Å²) in [5.41, 5.74) is 9.25. The topological polar surface area (TPSA) is 38.0 Å². The maximum absolute atomic E-state index is 5.69. The minimum Gasteiger partial charge on any atom is -0.399 e. The van der Waals surface area contributed by atoms with Crippen LogP contribution in [0.4, 0.5) is 5.69 Å². The van der Waals surface area contributed by atoms with Crippen molar-refractivity contribution >= 4 is 21.6 Å². The van der Waals surface area contributed by atoms with E-state index in [1.54, 1.807) is 0 Å². The molecule has 112 valence electrons. The molecule has 2 aromatic carbocycles. The van der Waals surface area contributed by atoms with Gasteiger partial charge in [0.15, 0.2) is 0 Å². The van der Waals surface area contributed by atoms with E-state index in [1.807, 2.05) is 12.1 Å². The molecule has 0 aromatic heterocycles. The second kappa shape index (κ2) is 8.20. The number of halogens is 1. The second-order valence-corrected chi connectivity index (χ2v) is 6.45. The van der Waals surface area contributed by atoms with Crippen molar-refractivity contribution in [3.8, 4) is 0 Å². The second-order valence-electron chi connectivity index (χ2n) is 5.53. The number of nitrogens with one attached hydrogen (secondary N) is 1. The molecule has 2 aromatic rings. The lowest BCUT2D eigenvalue weighted by Gasteiger charge is -2.14. The third-order valence-corrected chi connectivity index (χ3v) is 4.10. The van der Waals surface area contributed by atoms with Crippen LogP contribution in [0.2, 0.25) is 0 Å². The predicted molar refractivity (Wildman–Crippen MR) is 94.5 cm³/mol. The highest BCUT2D eigenvalue weighted by atomic mass is 79.9. The van der Waals surface area contributed by atoms with Gasteiger partial charge in [0.2, 0.25) is 0 Å². The van der Waals surface area contributed by atoms with Crippen LogP contribution < -0.4 is 11.1 Å². The van der Waals surface area contributed by atoms with Gasteiger partial charge in [-0.05, 0) is 68.1 Å². The van der Waals surface area contributed by atoms with Gasteiger partial charge in [0.1, 0.15) is 0 Å². The fraction of sp³-hybridized carbons (Fsp3) is 0.333. The summed E-state index contributed by atoms with van der Waals surface area (Å²) >= 11 is 3.47. The maximum Gasteiger partial charge on any atom is 0.0314 e. The molecule has 1 unspecified atom stereocenters. The van der Waals surface area contributed by atoms with Crippen LogP contribution in [0.25, 0.3) is 0 Å². The van der Waals surface area contributed by atoms with E-state index in [4.69, 9.17) is 5.73 Å². The van der Waals surface area contributed by atoms with Crippen LogP contribution in [0.5, 0.6) is 0 Å². The zero-order valence-corrected chi connectivity index (χ0v) is 14.1. The van der Waals surface area contributed by atoms with Crippen LogP contribution in [0, 0.1) is 0 Å². The van der Waals surface area contributed by atoms with E-state index in [2.05, 4.69) is 64.6 Å². The normalized spacial score (nSPS) is 12.3. The van der Waals surface area contributed by atoms with E-state index in [-0.39, 0.29) is 0 Å². The molecule has 0 fully saturated rings. The number of anilines is 1. The third kappa shape index (κ3) is 5.90. The van der Waals surface area contributed by atoms with Gasteiger partial charge in [0.05, 0.1) is 0 Å². The molecule has 0 amide bonds. The van der Waals surface area contributed by atoms with Gasteiger partial charge < -0.3 is 11.1 Å². The molecule has 3 heteroatoms. The Morgan fingerprint density at radius 2 is 1.62 bits per heavy atom. The summed E-state index contributed by atoms with van der Waals surface area (Å²) < 4.78 is 1.13. The van der Waals surface area contributed by atoms with Crippen molar-refractivity contribution < 1.29 is 0 Å². The van der Waals surface area contributed by atoms with Crippen LogP contribution in [-0.2, 0) is 12.8 Å². The molecule has 0 aliphatic rings. The van der Waals surface area contributed by atoms with Crippen molar-refractivity contribution in [2.45, 2.75) is 32.2 Å². The number of nitrogens with two attached hydrogens (primary N) is 1. The molecular weight excluding hydrogens is 324 g/mol. The monoisotopic (exact) mass is 346 g/mol. The Hall–Kier alpha value is -1.32. The van der Waals surface area contributed by atoms with Crippen molar-refractivity contribution in [2.24, 2.45) is 0 Å². The standard InChI is InChI=1S/C18H23BrN2/c1-14(13-16-4-8-17(19)9-5-16)21-12-2-3-15-6-10-18(20)11-7-15/h4-11,14,21H,2-3,12-13,20H2,1H3. The summed E-state index contributed by atoms with van der Waals surface area (Å²) in [6, 6.07) is 17.2. The highest BCUT2D eigenvalue weighted by Crippen LogP contribution is 2.12. The van der Waals surface area contributed by atoms with Gasteiger partial charge in [-0.15, -0.1) is 0 Å². The predicted octanol–water partition coefficient (Wildman–Crippen LogP) is 4.18. The van der Waals surface area contributed by atoms with E-state index >= 15 is 0 Å². The Morgan fingerprint density at radius 3 is 2.29 bits per heavy atom. The molecule has 0 aliphatic heterocycles. The van der Waals surface area contributed by atoms with E-state index < -0.39 is 0 Å². The number of nitrogen functional groups attached to an aromatic ring is 1. The minimum absolute atomic E-state index is 0.498. The first-order chi connectivity index (χ1) is 10.1. The van der Waals surface area contributed by atoms with Crippen molar-refractivity contribution in [3.05, 3.63) is 64.1 Å². The number of aryl methyl sites for hydroxylation is 1. The van der Waals surface area contributed by atoms with Gasteiger partial charge in [0.25, 0.3) is 0 Å². The fourth-order valence-electron chi connectivity index (χ4n) is 2.37. The summed E-state index contributed by atoms with van der Waals surface area (Å²) in [5.74, 6) is 0. The molecule has 0 radical (unpaired) electrons. The molecule has 1 atom stereocenters. The molecule has 0 aliphatic carbocycles. The number of hydrogen-bond acceptors (Lipinski definition) is 2. The van der Waals surface area contributed by atoms with Crippen LogP contribution in [-0.4, -0.2) is 12.6 Å². The lowest BCUT2D eigenvalue weighted by atomic mass is 10.1. The van der Waals surface area contributed by atoms with Crippen LogP contribution in [0.3, 0.4) is 0 Å². The zero-order valence-electron chi connectivity index (χ0n) is 12.5. The summed E-state index contributed by atoms with van der Waals surface area (Å²) in [7, 11) is 0. The van der Waals surface area contributed by atoms with Gasteiger partial charge in [-0.2, -0.15) is 0 Å². The molecule has 0 bridgehead atoms. The molecular formula is C18H23BrN2. The number of rotatable bonds is 7. The fourth-order valence-corrected chi connectivity index (χ4v) is 2.64. The first kappa shape index (κ1) is 16.1. The van der Waals surface area contributed by atoms with E-state index in [9.17, 15) is 0 Å². The highest BCUT2D eigenvalue weighted by molar-refractivity contribution is 9.10. The van der Waals surface area contributed by atoms with Gasteiger partial charge in [0, 0.05) is 16.2 Å².